The fraction of sp³-hybridized carbons (Fsp3) is 0.391. The number of nitrogens with one attached hydrogen (secondary N) is 1. The molecule has 2 atom stereocenters. The van der Waals surface area contributed by atoms with E-state index in [2.05, 4.69) is 29.3 Å². The summed E-state index contributed by atoms with van der Waals surface area (Å²) in [4.78, 5) is 29.0. The van der Waals surface area contributed by atoms with Crippen LogP contribution >= 0.6 is 0 Å². The van der Waals surface area contributed by atoms with Crippen LogP contribution in [0, 0.1) is 5.82 Å². The number of piperazine rings is 1. The molecule has 1 aliphatic rings. The average Bonchev–Trinajstić information content (AvgIpc) is 2.77. The number of carbonyl (C=O) groups is 2. The molecule has 0 aliphatic carbocycles. The van der Waals surface area contributed by atoms with Crippen LogP contribution in [0.25, 0.3) is 0 Å². The average molecular weight is 397 g/mol. The minimum atomic E-state index is -0.354. The lowest BCUT2D eigenvalue weighted by Crippen LogP contribution is -2.55. The first kappa shape index (κ1) is 21.0. The van der Waals surface area contributed by atoms with Gasteiger partial charge in [0.05, 0.1) is 6.04 Å². The Morgan fingerprint density at radius 2 is 1.59 bits per heavy atom. The van der Waals surface area contributed by atoms with Crippen LogP contribution in [-0.4, -0.2) is 60.4 Å². The molecule has 154 valence electrons. The summed E-state index contributed by atoms with van der Waals surface area (Å²) in [6.45, 7) is 6.96. The van der Waals surface area contributed by atoms with Gasteiger partial charge in [0.2, 0.25) is 5.91 Å². The first-order valence-electron chi connectivity index (χ1n) is 10.1. The summed E-state index contributed by atoms with van der Waals surface area (Å²) in [6, 6.07) is 15.5. The Bertz CT molecular complexity index is 818. The molecule has 5 nitrogen and oxygen atoms in total. The summed E-state index contributed by atoms with van der Waals surface area (Å²) in [5, 5.41) is 3.05. The molecule has 2 aromatic rings. The molecule has 1 saturated heterocycles. The number of rotatable bonds is 6. The second-order valence-corrected chi connectivity index (χ2v) is 7.57. The van der Waals surface area contributed by atoms with E-state index < -0.39 is 0 Å². The van der Waals surface area contributed by atoms with Gasteiger partial charge in [0, 0.05) is 38.3 Å². The molecule has 0 saturated carbocycles. The zero-order valence-electron chi connectivity index (χ0n) is 17.0. The number of nitrogens with zero attached hydrogens (tertiary/aromatic N) is 2. The maximum atomic E-state index is 13.0. The van der Waals surface area contributed by atoms with Gasteiger partial charge in [-0.2, -0.15) is 0 Å². The Hall–Kier alpha value is -2.73. The van der Waals surface area contributed by atoms with Gasteiger partial charge in [0.1, 0.15) is 5.82 Å². The van der Waals surface area contributed by atoms with E-state index in [4.69, 9.17) is 0 Å². The number of benzene rings is 2. The lowest BCUT2D eigenvalue weighted by Gasteiger charge is -2.37. The summed E-state index contributed by atoms with van der Waals surface area (Å²) in [6.07, 6.45) is 0. The molecule has 2 aromatic carbocycles. The highest BCUT2D eigenvalue weighted by Crippen LogP contribution is 2.14. The Morgan fingerprint density at radius 1 is 0.966 bits per heavy atom. The standard InChI is InChI=1S/C23H28FN3O2/c1-17(19-6-4-3-5-7-19)16-25-22(28)18(2)26-12-14-27(15-13-26)23(29)20-8-10-21(24)11-9-20/h3-11,17-18H,12-16H2,1-2H3,(H,25,28). The van der Waals surface area contributed by atoms with Gasteiger partial charge in [-0.3, -0.25) is 14.5 Å². The highest BCUT2D eigenvalue weighted by molar-refractivity contribution is 5.94. The van der Waals surface area contributed by atoms with Gasteiger partial charge in [-0.1, -0.05) is 37.3 Å². The smallest absolute Gasteiger partial charge is 0.253 e. The summed E-state index contributed by atoms with van der Waals surface area (Å²) >= 11 is 0. The van der Waals surface area contributed by atoms with Crippen LogP contribution in [0.2, 0.25) is 0 Å². The van der Waals surface area contributed by atoms with E-state index in [1.165, 1.54) is 29.8 Å². The van der Waals surface area contributed by atoms with Crippen molar-refractivity contribution < 1.29 is 14.0 Å². The first-order valence-corrected chi connectivity index (χ1v) is 10.1. The minimum Gasteiger partial charge on any atom is -0.354 e. The van der Waals surface area contributed by atoms with Crippen LogP contribution in [0.1, 0.15) is 35.7 Å². The highest BCUT2D eigenvalue weighted by atomic mass is 19.1. The van der Waals surface area contributed by atoms with E-state index in [0.29, 0.717) is 38.3 Å². The van der Waals surface area contributed by atoms with E-state index in [1.54, 1.807) is 4.90 Å². The van der Waals surface area contributed by atoms with Gasteiger partial charge in [0.15, 0.2) is 0 Å². The van der Waals surface area contributed by atoms with Crippen molar-refractivity contribution >= 4 is 11.8 Å². The summed E-state index contributed by atoms with van der Waals surface area (Å²) in [5.41, 5.74) is 1.69. The molecule has 2 amide bonds. The molecule has 6 heteroatoms. The lowest BCUT2D eigenvalue weighted by atomic mass is 10.0. The molecule has 3 rings (SSSR count). The van der Waals surface area contributed by atoms with E-state index in [1.807, 2.05) is 25.1 Å². The van der Waals surface area contributed by atoms with Gasteiger partial charge in [-0.25, -0.2) is 4.39 Å². The fourth-order valence-electron chi connectivity index (χ4n) is 3.55. The van der Waals surface area contributed by atoms with Crippen molar-refractivity contribution in [1.82, 2.24) is 15.1 Å². The van der Waals surface area contributed by atoms with Crippen LogP contribution in [0.4, 0.5) is 4.39 Å². The van der Waals surface area contributed by atoms with Crippen molar-refractivity contribution in [3.05, 3.63) is 71.5 Å². The Balaban J connectivity index is 1.46. The zero-order chi connectivity index (χ0) is 20.8. The van der Waals surface area contributed by atoms with Crippen LogP contribution in [0.5, 0.6) is 0 Å². The fourth-order valence-corrected chi connectivity index (χ4v) is 3.55. The molecule has 1 aliphatic heterocycles. The van der Waals surface area contributed by atoms with Gasteiger partial charge >= 0.3 is 0 Å². The van der Waals surface area contributed by atoms with Crippen LogP contribution < -0.4 is 5.32 Å². The summed E-state index contributed by atoms with van der Waals surface area (Å²) < 4.78 is 13.0. The van der Waals surface area contributed by atoms with E-state index in [-0.39, 0.29) is 29.6 Å². The SMILES string of the molecule is CC(CNC(=O)C(C)N1CCN(C(=O)c2ccc(F)cc2)CC1)c1ccccc1. The van der Waals surface area contributed by atoms with Gasteiger partial charge in [0.25, 0.3) is 5.91 Å². The molecule has 1 fully saturated rings. The topological polar surface area (TPSA) is 52.7 Å². The van der Waals surface area contributed by atoms with Crippen molar-refractivity contribution in [2.75, 3.05) is 32.7 Å². The van der Waals surface area contributed by atoms with Crippen molar-refractivity contribution in [3.63, 3.8) is 0 Å². The normalized spacial score (nSPS) is 16.9. The van der Waals surface area contributed by atoms with E-state index >= 15 is 0 Å². The molecule has 1 heterocycles. The van der Waals surface area contributed by atoms with Crippen molar-refractivity contribution in [2.24, 2.45) is 0 Å². The van der Waals surface area contributed by atoms with Crippen LogP contribution in [-0.2, 0) is 4.79 Å². The monoisotopic (exact) mass is 397 g/mol. The second-order valence-electron chi connectivity index (χ2n) is 7.57. The van der Waals surface area contributed by atoms with Gasteiger partial charge in [-0.15, -0.1) is 0 Å². The summed E-state index contributed by atoms with van der Waals surface area (Å²) in [7, 11) is 0. The molecule has 0 spiro atoms. The largest absolute Gasteiger partial charge is 0.354 e. The van der Waals surface area contributed by atoms with Gasteiger partial charge < -0.3 is 10.2 Å². The molecule has 2 unspecified atom stereocenters. The predicted molar refractivity (Wildman–Crippen MR) is 111 cm³/mol. The lowest BCUT2D eigenvalue weighted by molar-refractivity contribution is -0.126. The summed E-state index contributed by atoms with van der Waals surface area (Å²) in [5.74, 6) is -0.199. The third kappa shape index (κ3) is 5.41. The maximum absolute atomic E-state index is 13.0. The van der Waals surface area contributed by atoms with Crippen molar-refractivity contribution in [2.45, 2.75) is 25.8 Å². The first-order chi connectivity index (χ1) is 14.0. The zero-order valence-corrected chi connectivity index (χ0v) is 17.0. The van der Waals surface area contributed by atoms with Crippen molar-refractivity contribution in [3.8, 4) is 0 Å². The number of amides is 2. The molecule has 29 heavy (non-hydrogen) atoms. The molecule has 0 radical (unpaired) electrons. The highest BCUT2D eigenvalue weighted by Gasteiger charge is 2.28. The molecule has 0 aromatic heterocycles. The quantitative estimate of drug-likeness (QED) is 0.816. The van der Waals surface area contributed by atoms with E-state index in [9.17, 15) is 14.0 Å². The van der Waals surface area contributed by atoms with Gasteiger partial charge in [-0.05, 0) is 42.7 Å². The number of hydrogen-bond acceptors (Lipinski definition) is 3. The predicted octanol–water partition coefficient (Wildman–Crippen LogP) is 2.89. The van der Waals surface area contributed by atoms with Crippen LogP contribution in [0.3, 0.4) is 0 Å². The Kier molecular flexibility index (Phi) is 6.99. The number of halogens is 1. The van der Waals surface area contributed by atoms with Crippen LogP contribution in [0.15, 0.2) is 54.6 Å². The third-order valence-corrected chi connectivity index (χ3v) is 5.57. The van der Waals surface area contributed by atoms with E-state index in [0.717, 1.165) is 0 Å². The third-order valence-electron chi connectivity index (χ3n) is 5.57. The molecule has 1 N–H and O–H groups in total. The molecular weight excluding hydrogens is 369 g/mol. The number of hydrogen-bond donors (Lipinski definition) is 1. The number of carbonyl (C=O) groups excluding carboxylic acids is 2. The Labute approximate surface area is 171 Å². The molecular formula is C23H28FN3O2. The van der Waals surface area contributed by atoms with Crippen molar-refractivity contribution in [1.29, 1.82) is 0 Å². The minimum absolute atomic E-state index is 0.00564. The maximum Gasteiger partial charge on any atom is 0.253 e. The Morgan fingerprint density at radius 3 is 2.21 bits per heavy atom. The molecule has 0 bridgehead atoms. The second kappa shape index (κ2) is 9.65.